The molecule has 1 aromatic rings. The van der Waals surface area contributed by atoms with Gasteiger partial charge in [0.15, 0.2) is 0 Å². The van der Waals surface area contributed by atoms with Crippen LogP contribution in [0.25, 0.3) is 0 Å². The molecular formula is C13H17BrF3N. The molecule has 1 aromatic carbocycles. The van der Waals surface area contributed by atoms with Crippen molar-refractivity contribution in [1.29, 1.82) is 0 Å². The van der Waals surface area contributed by atoms with Crippen LogP contribution in [0.15, 0.2) is 22.7 Å². The lowest BCUT2D eigenvalue weighted by Gasteiger charge is -2.21. The van der Waals surface area contributed by atoms with Crippen molar-refractivity contribution >= 4 is 21.6 Å². The van der Waals surface area contributed by atoms with Crippen molar-refractivity contribution in [2.45, 2.75) is 45.3 Å². The molecule has 1 rings (SSSR count). The Morgan fingerprint density at radius 2 is 1.94 bits per heavy atom. The van der Waals surface area contributed by atoms with Gasteiger partial charge in [0, 0.05) is 16.2 Å². The number of benzene rings is 1. The van der Waals surface area contributed by atoms with Crippen molar-refractivity contribution in [1.82, 2.24) is 0 Å². The maximum Gasteiger partial charge on any atom is 0.418 e. The highest BCUT2D eigenvalue weighted by Crippen LogP contribution is 2.36. The highest BCUT2D eigenvalue weighted by molar-refractivity contribution is 9.10. The molecule has 1 unspecified atom stereocenters. The van der Waals surface area contributed by atoms with Crippen LogP contribution in [0.5, 0.6) is 0 Å². The van der Waals surface area contributed by atoms with Crippen LogP contribution in [0, 0.1) is 0 Å². The number of hydrogen-bond donors (Lipinski definition) is 1. The molecule has 102 valence electrons. The third kappa shape index (κ3) is 4.19. The van der Waals surface area contributed by atoms with E-state index in [2.05, 4.69) is 21.2 Å². The lowest BCUT2D eigenvalue weighted by Crippen LogP contribution is -2.21. The van der Waals surface area contributed by atoms with Gasteiger partial charge in [-0.3, -0.25) is 0 Å². The summed E-state index contributed by atoms with van der Waals surface area (Å²) >= 11 is 3.21. The zero-order valence-electron chi connectivity index (χ0n) is 10.4. The van der Waals surface area contributed by atoms with Gasteiger partial charge in [-0.15, -0.1) is 0 Å². The van der Waals surface area contributed by atoms with Crippen molar-refractivity contribution in [3.63, 3.8) is 0 Å². The highest BCUT2D eigenvalue weighted by Gasteiger charge is 2.33. The molecule has 1 N–H and O–H groups in total. The molecule has 0 heterocycles. The van der Waals surface area contributed by atoms with E-state index in [1.165, 1.54) is 12.1 Å². The van der Waals surface area contributed by atoms with E-state index in [0.717, 1.165) is 25.3 Å². The largest absolute Gasteiger partial charge is 0.418 e. The van der Waals surface area contributed by atoms with Gasteiger partial charge in [0.1, 0.15) is 0 Å². The molecule has 0 radical (unpaired) electrons. The summed E-state index contributed by atoms with van der Waals surface area (Å²) in [6.45, 7) is 3.99. The molecule has 0 spiro atoms. The summed E-state index contributed by atoms with van der Waals surface area (Å²) in [5.74, 6) is 0. The summed E-state index contributed by atoms with van der Waals surface area (Å²) < 4.78 is 39.2. The van der Waals surface area contributed by atoms with Gasteiger partial charge in [-0.05, 0) is 31.0 Å². The van der Waals surface area contributed by atoms with Gasteiger partial charge in [-0.25, -0.2) is 0 Å². The summed E-state index contributed by atoms with van der Waals surface area (Å²) in [6.07, 6.45) is -1.72. The molecule has 0 aliphatic heterocycles. The minimum atomic E-state index is -4.33. The Hall–Kier alpha value is -0.710. The van der Waals surface area contributed by atoms with Crippen LogP contribution in [0.4, 0.5) is 18.9 Å². The first kappa shape index (κ1) is 15.3. The van der Waals surface area contributed by atoms with Crippen molar-refractivity contribution in [2.75, 3.05) is 5.32 Å². The van der Waals surface area contributed by atoms with Crippen molar-refractivity contribution in [3.8, 4) is 0 Å². The van der Waals surface area contributed by atoms with Crippen LogP contribution in [0.3, 0.4) is 0 Å². The predicted molar refractivity (Wildman–Crippen MR) is 71.8 cm³/mol. The fourth-order valence-electron chi connectivity index (χ4n) is 1.83. The summed E-state index contributed by atoms with van der Waals surface area (Å²) in [5.41, 5.74) is -0.461. The molecule has 0 fully saturated rings. The fraction of sp³-hybridized carbons (Fsp3) is 0.538. The van der Waals surface area contributed by atoms with Crippen molar-refractivity contribution in [2.24, 2.45) is 0 Å². The quantitative estimate of drug-likeness (QED) is 0.758. The first-order valence-corrected chi connectivity index (χ1v) is 6.81. The second-order valence-corrected chi connectivity index (χ2v) is 5.14. The SMILES string of the molecule is CCCC(CC)Nc1cc(Br)ccc1C(F)(F)F. The van der Waals surface area contributed by atoms with E-state index in [1.807, 2.05) is 13.8 Å². The van der Waals surface area contributed by atoms with E-state index < -0.39 is 11.7 Å². The third-order valence-corrected chi connectivity index (χ3v) is 3.27. The molecule has 0 saturated heterocycles. The van der Waals surface area contributed by atoms with Gasteiger partial charge in [0.05, 0.1) is 5.56 Å². The molecule has 5 heteroatoms. The maximum absolute atomic E-state index is 12.9. The molecule has 0 aliphatic rings. The van der Waals surface area contributed by atoms with Crippen LogP contribution in [-0.2, 0) is 6.18 Å². The van der Waals surface area contributed by atoms with Crippen LogP contribution in [0.2, 0.25) is 0 Å². The van der Waals surface area contributed by atoms with E-state index in [-0.39, 0.29) is 11.7 Å². The Labute approximate surface area is 114 Å². The summed E-state index contributed by atoms with van der Waals surface area (Å²) in [6, 6.07) is 4.08. The zero-order valence-corrected chi connectivity index (χ0v) is 12.0. The van der Waals surface area contributed by atoms with E-state index in [4.69, 9.17) is 0 Å². The second-order valence-electron chi connectivity index (χ2n) is 4.23. The maximum atomic E-state index is 12.9. The van der Waals surface area contributed by atoms with Gasteiger partial charge in [-0.1, -0.05) is 36.2 Å². The highest BCUT2D eigenvalue weighted by atomic mass is 79.9. The lowest BCUT2D eigenvalue weighted by atomic mass is 10.1. The summed E-state index contributed by atoms with van der Waals surface area (Å²) in [4.78, 5) is 0. The topological polar surface area (TPSA) is 12.0 Å². The second kappa shape index (κ2) is 6.45. The number of nitrogens with one attached hydrogen (secondary N) is 1. The number of anilines is 1. The number of alkyl halides is 3. The van der Waals surface area contributed by atoms with E-state index in [1.54, 1.807) is 0 Å². The number of hydrogen-bond acceptors (Lipinski definition) is 1. The molecular weight excluding hydrogens is 307 g/mol. The van der Waals surface area contributed by atoms with Gasteiger partial charge in [0.2, 0.25) is 0 Å². The third-order valence-electron chi connectivity index (χ3n) is 2.78. The normalized spacial score (nSPS) is 13.4. The van der Waals surface area contributed by atoms with Gasteiger partial charge in [0.25, 0.3) is 0 Å². The van der Waals surface area contributed by atoms with Crippen LogP contribution < -0.4 is 5.32 Å². The summed E-state index contributed by atoms with van der Waals surface area (Å²) in [7, 11) is 0. The Balaban J connectivity index is 3.02. The molecule has 0 amide bonds. The lowest BCUT2D eigenvalue weighted by molar-refractivity contribution is -0.137. The Morgan fingerprint density at radius 3 is 2.44 bits per heavy atom. The van der Waals surface area contributed by atoms with E-state index in [0.29, 0.717) is 4.47 Å². The first-order valence-electron chi connectivity index (χ1n) is 6.01. The minimum absolute atomic E-state index is 0.0744. The Morgan fingerprint density at radius 1 is 1.28 bits per heavy atom. The van der Waals surface area contributed by atoms with Crippen molar-refractivity contribution < 1.29 is 13.2 Å². The number of rotatable bonds is 5. The van der Waals surface area contributed by atoms with E-state index in [9.17, 15) is 13.2 Å². The Bertz CT molecular complexity index is 390. The van der Waals surface area contributed by atoms with Crippen LogP contribution in [0.1, 0.15) is 38.7 Å². The van der Waals surface area contributed by atoms with Crippen molar-refractivity contribution in [3.05, 3.63) is 28.2 Å². The smallest absolute Gasteiger partial charge is 0.382 e. The zero-order chi connectivity index (χ0) is 13.8. The van der Waals surface area contributed by atoms with E-state index >= 15 is 0 Å². The first-order chi connectivity index (χ1) is 8.38. The molecule has 18 heavy (non-hydrogen) atoms. The van der Waals surface area contributed by atoms with Crippen LogP contribution >= 0.6 is 15.9 Å². The predicted octanol–water partition coefficient (Wildman–Crippen LogP) is 5.46. The molecule has 1 atom stereocenters. The van der Waals surface area contributed by atoms with Gasteiger partial charge < -0.3 is 5.32 Å². The number of halogens is 4. The molecule has 0 saturated carbocycles. The monoisotopic (exact) mass is 323 g/mol. The standard InChI is InChI=1S/C13H17BrF3N/c1-3-5-10(4-2)18-12-8-9(14)6-7-11(12)13(15,16)17/h6-8,10,18H,3-5H2,1-2H3. The minimum Gasteiger partial charge on any atom is -0.382 e. The molecule has 0 aromatic heterocycles. The molecule has 0 aliphatic carbocycles. The molecule has 1 nitrogen and oxygen atoms in total. The fourth-order valence-corrected chi connectivity index (χ4v) is 2.19. The summed E-state index contributed by atoms with van der Waals surface area (Å²) in [5, 5.41) is 3.00. The van der Waals surface area contributed by atoms with Gasteiger partial charge in [-0.2, -0.15) is 13.2 Å². The molecule has 0 bridgehead atoms. The average Bonchev–Trinajstić information content (AvgIpc) is 2.26. The Kier molecular flexibility index (Phi) is 5.50. The van der Waals surface area contributed by atoms with Crippen LogP contribution in [-0.4, -0.2) is 6.04 Å². The average molecular weight is 324 g/mol. The van der Waals surface area contributed by atoms with Gasteiger partial charge >= 0.3 is 6.18 Å².